The van der Waals surface area contributed by atoms with Gasteiger partial charge in [-0.1, -0.05) is 42.5 Å². The number of nitrogens with zero attached hydrogens (tertiary/aromatic N) is 3. The maximum Gasteiger partial charge on any atom is 0.219 e. The Balaban J connectivity index is 1.41. The monoisotopic (exact) mass is 479 g/mol. The van der Waals surface area contributed by atoms with Crippen molar-refractivity contribution in [1.82, 2.24) is 4.98 Å². The third-order valence-electron chi connectivity index (χ3n) is 8.07. The molecule has 0 aliphatic carbocycles. The first-order valence-corrected chi connectivity index (χ1v) is 13.1. The fourth-order valence-corrected chi connectivity index (χ4v) is 6.33. The number of benzene rings is 2. The van der Waals surface area contributed by atoms with Gasteiger partial charge in [0.25, 0.3) is 0 Å². The molecule has 0 bridgehead atoms. The highest BCUT2D eigenvalue weighted by Gasteiger charge is 2.42. The van der Waals surface area contributed by atoms with Gasteiger partial charge in [-0.15, -0.1) is 0 Å². The third kappa shape index (κ3) is 3.70. The zero-order valence-electron chi connectivity index (χ0n) is 20.8. The molecule has 0 N–H and O–H groups in total. The lowest BCUT2D eigenvalue weighted by Gasteiger charge is -2.31. The van der Waals surface area contributed by atoms with Crippen molar-refractivity contribution in [2.24, 2.45) is 0 Å². The van der Waals surface area contributed by atoms with E-state index in [1.165, 1.54) is 33.6 Å². The molecular formula is C34H29N3+2. The maximum atomic E-state index is 4.66. The summed E-state index contributed by atoms with van der Waals surface area (Å²) in [7, 11) is 0. The molecule has 3 nitrogen and oxygen atoms in total. The molecule has 37 heavy (non-hydrogen) atoms. The van der Waals surface area contributed by atoms with Crippen LogP contribution in [0.4, 0.5) is 0 Å². The molecule has 3 heteroatoms. The SMILES string of the molecule is C=C1CC2C(CCc3ccccc3-c3cc(-c4ccccn4)cc[n+]31)c1ccccc1-c1cccc[n+]12. The van der Waals surface area contributed by atoms with Gasteiger partial charge in [0.15, 0.2) is 24.1 Å². The van der Waals surface area contributed by atoms with Crippen molar-refractivity contribution >= 4 is 5.70 Å². The molecule has 2 aliphatic heterocycles. The second-order valence-corrected chi connectivity index (χ2v) is 10.1. The van der Waals surface area contributed by atoms with Crippen LogP contribution in [0, 0.1) is 0 Å². The highest BCUT2D eigenvalue weighted by molar-refractivity contribution is 5.69. The van der Waals surface area contributed by atoms with E-state index < -0.39 is 0 Å². The summed E-state index contributed by atoms with van der Waals surface area (Å²) in [6.07, 6.45) is 9.29. The van der Waals surface area contributed by atoms with E-state index in [0.29, 0.717) is 12.0 Å². The zero-order valence-corrected chi connectivity index (χ0v) is 20.8. The molecule has 3 aromatic heterocycles. The molecule has 2 unspecified atom stereocenters. The quantitative estimate of drug-likeness (QED) is 0.242. The van der Waals surface area contributed by atoms with Crippen molar-refractivity contribution in [3.8, 4) is 33.8 Å². The van der Waals surface area contributed by atoms with Crippen LogP contribution in [-0.4, -0.2) is 4.98 Å². The van der Waals surface area contributed by atoms with Crippen molar-refractivity contribution in [3.63, 3.8) is 0 Å². The van der Waals surface area contributed by atoms with Crippen LogP contribution in [0.5, 0.6) is 0 Å². The van der Waals surface area contributed by atoms with Gasteiger partial charge < -0.3 is 0 Å². The van der Waals surface area contributed by atoms with E-state index in [9.17, 15) is 0 Å². The first kappa shape index (κ1) is 21.9. The predicted octanol–water partition coefficient (Wildman–Crippen LogP) is 6.80. The lowest BCUT2D eigenvalue weighted by Crippen LogP contribution is -2.49. The zero-order chi connectivity index (χ0) is 24.8. The molecule has 0 amide bonds. The summed E-state index contributed by atoms with van der Waals surface area (Å²) in [4.78, 5) is 4.61. The standard InChI is InChI=1S/C34H29N3/c1-24-22-33-30(28-12-4-5-13-29(28)32-15-7-9-20-37(32)33)17-16-25-10-2-3-11-27(25)34-23-26(18-21-36(24)34)31-14-6-8-19-35-31/h2-15,18-21,23,30,33H,1,16-17,22H2/q+2. The fourth-order valence-electron chi connectivity index (χ4n) is 6.33. The van der Waals surface area contributed by atoms with Crippen LogP contribution in [0.25, 0.3) is 39.5 Å². The Hall–Kier alpha value is -4.37. The Morgan fingerprint density at radius 3 is 2.46 bits per heavy atom. The maximum absolute atomic E-state index is 4.66. The van der Waals surface area contributed by atoms with Gasteiger partial charge in [-0.2, -0.15) is 9.13 Å². The number of pyridine rings is 3. The molecule has 0 saturated carbocycles. The van der Waals surface area contributed by atoms with Gasteiger partial charge in [0.1, 0.15) is 0 Å². The van der Waals surface area contributed by atoms with Crippen LogP contribution in [0.1, 0.15) is 35.9 Å². The second-order valence-electron chi connectivity index (χ2n) is 10.1. The van der Waals surface area contributed by atoms with Crippen LogP contribution >= 0.6 is 0 Å². The van der Waals surface area contributed by atoms with Gasteiger partial charge >= 0.3 is 0 Å². The van der Waals surface area contributed by atoms with Crippen molar-refractivity contribution in [2.45, 2.75) is 31.2 Å². The van der Waals surface area contributed by atoms with Crippen molar-refractivity contribution in [2.75, 3.05) is 0 Å². The molecule has 0 radical (unpaired) electrons. The molecule has 0 spiro atoms. The van der Waals surface area contributed by atoms with Crippen molar-refractivity contribution in [1.29, 1.82) is 0 Å². The average Bonchev–Trinajstić information content (AvgIpc) is 2.97. The van der Waals surface area contributed by atoms with E-state index in [1.54, 1.807) is 0 Å². The summed E-state index contributed by atoms with van der Waals surface area (Å²) in [5.74, 6) is 0.413. The molecule has 178 valence electrons. The molecule has 2 aromatic carbocycles. The Labute approximate surface area is 218 Å². The van der Waals surface area contributed by atoms with Crippen LogP contribution in [0.2, 0.25) is 0 Å². The lowest BCUT2D eigenvalue weighted by atomic mass is 9.77. The first-order chi connectivity index (χ1) is 18.3. The molecule has 0 saturated heterocycles. The van der Waals surface area contributed by atoms with Crippen molar-refractivity contribution in [3.05, 3.63) is 133 Å². The van der Waals surface area contributed by atoms with Gasteiger partial charge in [-0.3, -0.25) is 4.98 Å². The van der Waals surface area contributed by atoms with Crippen LogP contribution in [-0.2, 0) is 6.42 Å². The number of allylic oxidation sites excluding steroid dienone is 1. The van der Waals surface area contributed by atoms with Gasteiger partial charge in [-0.25, -0.2) is 0 Å². The Morgan fingerprint density at radius 1 is 0.757 bits per heavy atom. The average molecular weight is 480 g/mol. The van der Waals surface area contributed by atoms with Gasteiger partial charge in [0.05, 0.1) is 12.1 Å². The van der Waals surface area contributed by atoms with E-state index in [2.05, 4.69) is 118 Å². The molecule has 5 aromatic rings. The van der Waals surface area contributed by atoms with Crippen molar-refractivity contribution < 1.29 is 9.13 Å². The molecule has 2 atom stereocenters. The Kier molecular flexibility index (Phi) is 5.28. The predicted molar refractivity (Wildman–Crippen MR) is 147 cm³/mol. The number of fused-ring (bicyclic) bond motifs is 9. The molecule has 5 heterocycles. The third-order valence-corrected chi connectivity index (χ3v) is 8.07. The highest BCUT2D eigenvalue weighted by Crippen LogP contribution is 2.43. The topological polar surface area (TPSA) is 20.6 Å². The normalized spacial score (nSPS) is 18.0. The highest BCUT2D eigenvalue weighted by atomic mass is 15.0. The number of hydrogen-bond donors (Lipinski definition) is 0. The van der Waals surface area contributed by atoms with Crippen LogP contribution in [0.3, 0.4) is 0 Å². The van der Waals surface area contributed by atoms with Crippen LogP contribution < -0.4 is 9.13 Å². The number of aryl methyl sites for hydroxylation is 1. The summed E-state index contributed by atoms with van der Waals surface area (Å²) in [5, 5.41) is 0. The minimum Gasteiger partial charge on any atom is -0.256 e. The molecule has 0 fully saturated rings. The number of aromatic nitrogens is 3. The minimum absolute atomic E-state index is 0.305. The summed E-state index contributed by atoms with van der Waals surface area (Å²) in [5.41, 5.74) is 11.2. The Morgan fingerprint density at radius 2 is 1.57 bits per heavy atom. The summed E-state index contributed by atoms with van der Waals surface area (Å²) in [6, 6.07) is 35.2. The number of rotatable bonds is 1. The van der Waals surface area contributed by atoms with Crippen LogP contribution in [0.15, 0.2) is 122 Å². The molecule has 2 aliphatic rings. The smallest absolute Gasteiger partial charge is 0.219 e. The van der Waals surface area contributed by atoms with Gasteiger partial charge in [-0.05, 0) is 60.9 Å². The van der Waals surface area contributed by atoms with E-state index in [1.807, 2.05) is 18.3 Å². The summed E-state index contributed by atoms with van der Waals surface area (Å²) < 4.78 is 4.80. The van der Waals surface area contributed by atoms with E-state index in [0.717, 1.165) is 36.2 Å². The first-order valence-electron chi connectivity index (χ1n) is 13.1. The van der Waals surface area contributed by atoms with E-state index in [4.69, 9.17) is 0 Å². The Bertz CT molecular complexity index is 1640. The summed E-state index contributed by atoms with van der Waals surface area (Å²) in [6.45, 7) is 4.66. The number of hydrogen-bond acceptors (Lipinski definition) is 1. The van der Waals surface area contributed by atoms with Gasteiger partial charge in [0, 0.05) is 53.1 Å². The van der Waals surface area contributed by atoms with E-state index in [-0.39, 0.29) is 0 Å². The fraction of sp³-hybridized carbons (Fsp3) is 0.147. The minimum atomic E-state index is 0.305. The van der Waals surface area contributed by atoms with E-state index >= 15 is 0 Å². The molecule has 7 rings (SSSR count). The summed E-state index contributed by atoms with van der Waals surface area (Å²) >= 11 is 0. The largest absolute Gasteiger partial charge is 0.256 e. The molecular weight excluding hydrogens is 450 g/mol. The second kappa shape index (κ2) is 8.94. The van der Waals surface area contributed by atoms with Gasteiger partial charge in [0.2, 0.25) is 11.4 Å². The lowest BCUT2D eigenvalue weighted by molar-refractivity contribution is -0.720.